The maximum atomic E-state index is 11.3. The fourth-order valence-corrected chi connectivity index (χ4v) is 1.15. The van der Waals surface area contributed by atoms with Gasteiger partial charge in [-0.25, -0.2) is 9.59 Å². The van der Waals surface area contributed by atoms with Crippen molar-refractivity contribution < 1.29 is 14.7 Å². The molecule has 0 saturated carbocycles. The highest BCUT2D eigenvalue weighted by molar-refractivity contribution is 5.82. The quantitative estimate of drug-likeness (QED) is 0.447. The summed E-state index contributed by atoms with van der Waals surface area (Å²) in [5.74, 6) is 1.44. The van der Waals surface area contributed by atoms with Crippen LogP contribution in [0, 0.1) is 12.3 Å². The number of rotatable bonds is 7. The molecule has 0 radical (unpaired) electrons. The predicted octanol–water partition coefficient (Wildman–Crippen LogP) is 0.952. The number of carbonyl (C=O) groups excluding carboxylic acids is 1. The molecule has 0 bridgehead atoms. The lowest BCUT2D eigenvalue weighted by molar-refractivity contribution is -0.139. The zero-order valence-corrected chi connectivity index (χ0v) is 9.45. The molecule has 0 rings (SSSR count). The van der Waals surface area contributed by atoms with E-state index in [0.29, 0.717) is 32.2 Å². The molecule has 0 aromatic heterocycles. The van der Waals surface area contributed by atoms with E-state index in [2.05, 4.69) is 16.6 Å². The number of urea groups is 1. The van der Waals surface area contributed by atoms with Crippen molar-refractivity contribution in [3.05, 3.63) is 0 Å². The van der Waals surface area contributed by atoms with Crippen LogP contribution < -0.4 is 10.6 Å². The highest BCUT2D eigenvalue weighted by Crippen LogP contribution is 1.96. The largest absolute Gasteiger partial charge is 0.480 e. The molecular weight excluding hydrogens is 208 g/mol. The predicted molar refractivity (Wildman–Crippen MR) is 60.9 cm³/mol. The maximum absolute atomic E-state index is 11.3. The summed E-state index contributed by atoms with van der Waals surface area (Å²) in [6, 6.07) is -1.28. The van der Waals surface area contributed by atoms with Crippen molar-refractivity contribution in [1.29, 1.82) is 0 Å². The molecule has 0 aliphatic rings. The molecule has 0 fully saturated rings. The van der Waals surface area contributed by atoms with Crippen LogP contribution in [0.5, 0.6) is 0 Å². The average molecular weight is 226 g/mol. The minimum Gasteiger partial charge on any atom is -0.480 e. The third-order valence-electron chi connectivity index (χ3n) is 1.96. The van der Waals surface area contributed by atoms with Gasteiger partial charge in [-0.05, 0) is 12.8 Å². The summed E-state index contributed by atoms with van der Waals surface area (Å²) < 4.78 is 0. The molecule has 1 atom stereocenters. The molecule has 0 aromatic rings. The Bertz CT molecular complexity index is 271. The second-order valence-electron chi connectivity index (χ2n) is 3.39. The molecule has 0 spiro atoms. The summed E-state index contributed by atoms with van der Waals surface area (Å²) in [7, 11) is 0. The molecule has 0 aliphatic carbocycles. The zero-order chi connectivity index (χ0) is 12.4. The first kappa shape index (κ1) is 14.3. The summed E-state index contributed by atoms with van der Waals surface area (Å²) in [6.45, 7) is 2.32. The lowest BCUT2D eigenvalue weighted by Gasteiger charge is -2.13. The zero-order valence-electron chi connectivity index (χ0n) is 9.45. The number of amides is 2. The van der Waals surface area contributed by atoms with Crippen LogP contribution in [0.1, 0.15) is 32.6 Å². The molecule has 2 amide bonds. The first-order chi connectivity index (χ1) is 7.61. The van der Waals surface area contributed by atoms with Gasteiger partial charge in [0.25, 0.3) is 0 Å². The van der Waals surface area contributed by atoms with Gasteiger partial charge in [0, 0.05) is 13.0 Å². The van der Waals surface area contributed by atoms with Gasteiger partial charge in [-0.1, -0.05) is 13.3 Å². The van der Waals surface area contributed by atoms with Crippen molar-refractivity contribution in [2.75, 3.05) is 6.54 Å². The summed E-state index contributed by atoms with van der Waals surface area (Å²) in [6.07, 6.45) is 7.46. The third kappa shape index (κ3) is 6.71. The number of hydrogen-bond acceptors (Lipinski definition) is 2. The van der Waals surface area contributed by atoms with E-state index in [1.54, 1.807) is 0 Å². The van der Waals surface area contributed by atoms with Gasteiger partial charge in [-0.15, -0.1) is 12.3 Å². The van der Waals surface area contributed by atoms with Gasteiger partial charge >= 0.3 is 12.0 Å². The van der Waals surface area contributed by atoms with Crippen LogP contribution in [0.25, 0.3) is 0 Å². The Kier molecular flexibility index (Phi) is 7.68. The Morgan fingerprint density at radius 1 is 1.50 bits per heavy atom. The molecular formula is C11H18N2O3. The molecule has 5 nitrogen and oxygen atoms in total. The average Bonchev–Trinajstić information content (AvgIpc) is 2.23. The number of hydrogen-bond donors (Lipinski definition) is 3. The van der Waals surface area contributed by atoms with Crippen molar-refractivity contribution in [2.45, 2.75) is 38.6 Å². The SMILES string of the molecule is C#CCCCNC(=O)NC(CCC)C(=O)O. The molecule has 0 heterocycles. The summed E-state index contributed by atoms with van der Waals surface area (Å²) in [4.78, 5) is 22.0. The monoisotopic (exact) mass is 226 g/mol. The molecule has 0 aliphatic heterocycles. The van der Waals surface area contributed by atoms with Crippen LogP contribution in [-0.4, -0.2) is 29.7 Å². The lowest BCUT2D eigenvalue weighted by Crippen LogP contribution is -2.46. The van der Waals surface area contributed by atoms with Crippen molar-refractivity contribution >= 4 is 12.0 Å². The summed E-state index contributed by atoms with van der Waals surface area (Å²) in [5.41, 5.74) is 0. The van der Waals surface area contributed by atoms with E-state index in [0.717, 1.165) is 0 Å². The second-order valence-corrected chi connectivity index (χ2v) is 3.39. The maximum Gasteiger partial charge on any atom is 0.326 e. The van der Waals surface area contributed by atoms with Gasteiger partial charge in [0.15, 0.2) is 0 Å². The Morgan fingerprint density at radius 3 is 2.69 bits per heavy atom. The van der Waals surface area contributed by atoms with Crippen molar-refractivity contribution in [1.82, 2.24) is 10.6 Å². The number of terminal acetylenes is 1. The number of carboxylic acid groups (broad SMARTS) is 1. The minimum atomic E-state index is -1.01. The molecule has 0 aromatic carbocycles. The lowest BCUT2D eigenvalue weighted by atomic mass is 10.2. The van der Waals surface area contributed by atoms with Gasteiger partial charge in [-0.2, -0.15) is 0 Å². The fourth-order valence-electron chi connectivity index (χ4n) is 1.15. The summed E-state index contributed by atoms with van der Waals surface area (Å²) in [5, 5.41) is 13.7. The first-order valence-electron chi connectivity index (χ1n) is 5.32. The molecule has 1 unspecified atom stereocenters. The molecule has 90 valence electrons. The van der Waals surface area contributed by atoms with Gasteiger partial charge in [0.05, 0.1) is 0 Å². The van der Waals surface area contributed by atoms with Crippen molar-refractivity contribution in [3.63, 3.8) is 0 Å². The van der Waals surface area contributed by atoms with Gasteiger partial charge in [0.2, 0.25) is 0 Å². The van der Waals surface area contributed by atoms with Crippen molar-refractivity contribution in [3.8, 4) is 12.3 Å². The number of carbonyl (C=O) groups is 2. The molecule has 0 saturated heterocycles. The van der Waals surface area contributed by atoms with E-state index >= 15 is 0 Å². The Balaban J connectivity index is 3.83. The van der Waals surface area contributed by atoms with Crippen LogP contribution in [0.3, 0.4) is 0 Å². The Labute approximate surface area is 95.6 Å². The Morgan fingerprint density at radius 2 is 2.19 bits per heavy atom. The molecule has 3 N–H and O–H groups in total. The van der Waals surface area contributed by atoms with Crippen LogP contribution in [0.15, 0.2) is 0 Å². The number of aliphatic carboxylic acids is 1. The first-order valence-corrected chi connectivity index (χ1v) is 5.32. The fraction of sp³-hybridized carbons (Fsp3) is 0.636. The highest BCUT2D eigenvalue weighted by atomic mass is 16.4. The van der Waals surface area contributed by atoms with E-state index in [-0.39, 0.29) is 0 Å². The van der Waals surface area contributed by atoms with Crippen LogP contribution in [0.2, 0.25) is 0 Å². The highest BCUT2D eigenvalue weighted by Gasteiger charge is 2.17. The van der Waals surface area contributed by atoms with Crippen LogP contribution in [-0.2, 0) is 4.79 Å². The minimum absolute atomic E-state index is 0.424. The van der Waals surface area contributed by atoms with E-state index in [1.165, 1.54) is 0 Å². The van der Waals surface area contributed by atoms with Gasteiger partial charge in [-0.3, -0.25) is 0 Å². The molecule has 16 heavy (non-hydrogen) atoms. The smallest absolute Gasteiger partial charge is 0.326 e. The van der Waals surface area contributed by atoms with Gasteiger partial charge in [0.1, 0.15) is 6.04 Å². The summed E-state index contributed by atoms with van der Waals surface area (Å²) >= 11 is 0. The number of carboxylic acids is 1. The second kappa shape index (κ2) is 8.60. The number of nitrogens with one attached hydrogen (secondary N) is 2. The van der Waals surface area contributed by atoms with E-state index < -0.39 is 18.0 Å². The topological polar surface area (TPSA) is 78.4 Å². The normalized spacial score (nSPS) is 11.2. The Hall–Kier alpha value is -1.70. The van der Waals surface area contributed by atoms with Crippen molar-refractivity contribution in [2.24, 2.45) is 0 Å². The number of unbranched alkanes of at least 4 members (excludes halogenated alkanes) is 1. The standard InChI is InChI=1S/C11H18N2O3/c1-3-5-6-8-12-11(16)13-9(7-4-2)10(14)15/h1,9H,4-8H2,2H3,(H,14,15)(H2,12,13,16). The van der Waals surface area contributed by atoms with E-state index in [1.807, 2.05) is 6.92 Å². The van der Waals surface area contributed by atoms with Crippen LogP contribution in [0.4, 0.5) is 4.79 Å². The van der Waals surface area contributed by atoms with E-state index in [9.17, 15) is 9.59 Å². The van der Waals surface area contributed by atoms with E-state index in [4.69, 9.17) is 11.5 Å². The third-order valence-corrected chi connectivity index (χ3v) is 1.96. The van der Waals surface area contributed by atoms with Gasteiger partial charge < -0.3 is 15.7 Å². The van der Waals surface area contributed by atoms with Crippen LogP contribution >= 0.6 is 0 Å². The molecule has 5 heteroatoms.